The Labute approximate surface area is 99.0 Å². The molecular formula is C12H26N2S. The van der Waals surface area contributed by atoms with Crippen LogP contribution in [0.4, 0.5) is 0 Å². The molecule has 0 aromatic heterocycles. The minimum absolute atomic E-state index is 0.624. The van der Waals surface area contributed by atoms with Gasteiger partial charge in [0, 0.05) is 24.9 Å². The highest BCUT2D eigenvalue weighted by Crippen LogP contribution is 2.21. The van der Waals surface area contributed by atoms with Gasteiger partial charge in [-0.15, -0.1) is 0 Å². The Morgan fingerprint density at radius 3 is 2.53 bits per heavy atom. The van der Waals surface area contributed by atoms with E-state index in [9.17, 15) is 0 Å². The largest absolute Gasteiger partial charge is 0.329 e. The molecule has 90 valence electrons. The van der Waals surface area contributed by atoms with Crippen LogP contribution in [0.1, 0.15) is 33.1 Å². The van der Waals surface area contributed by atoms with Crippen LogP contribution in [0.5, 0.6) is 0 Å². The molecule has 1 heterocycles. The van der Waals surface area contributed by atoms with Crippen molar-refractivity contribution >= 4 is 11.8 Å². The Morgan fingerprint density at radius 1 is 1.20 bits per heavy atom. The van der Waals surface area contributed by atoms with Gasteiger partial charge in [-0.05, 0) is 24.6 Å². The lowest BCUT2D eigenvalue weighted by Crippen LogP contribution is -2.46. The fourth-order valence-corrected chi connectivity index (χ4v) is 3.47. The average molecular weight is 230 g/mol. The van der Waals surface area contributed by atoms with E-state index in [1.54, 1.807) is 0 Å². The fraction of sp³-hybridized carbons (Fsp3) is 1.00. The molecule has 1 saturated heterocycles. The number of nitrogens with two attached hydrogens (primary N) is 1. The van der Waals surface area contributed by atoms with Crippen LogP contribution in [0.3, 0.4) is 0 Å². The molecular weight excluding hydrogens is 204 g/mol. The molecule has 1 rings (SSSR count). The van der Waals surface area contributed by atoms with E-state index >= 15 is 0 Å². The molecule has 0 radical (unpaired) electrons. The minimum atomic E-state index is 0.624. The zero-order chi connectivity index (χ0) is 11.1. The van der Waals surface area contributed by atoms with Crippen LogP contribution in [0.2, 0.25) is 0 Å². The Kier molecular flexibility index (Phi) is 6.69. The second-order valence-corrected chi connectivity index (χ2v) is 5.61. The second-order valence-electron chi connectivity index (χ2n) is 4.38. The highest BCUT2D eigenvalue weighted by atomic mass is 32.2. The maximum Gasteiger partial charge on any atom is 0.0246 e. The van der Waals surface area contributed by atoms with Crippen molar-refractivity contribution in [2.24, 2.45) is 11.7 Å². The van der Waals surface area contributed by atoms with Gasteiger partial charge >= 0.3 is 0 Å². The van der Waals surface area contributed by atoms with E-state index < -0.39 is 0 Å². The molecule has 0 aromatic rings. The van der Waals surface area contributed by atoms with E-state index in [1.807, 2.05) is 0 Å². The van der Waals surface area contributed by atoms with Crippen molar-refractivity contribution in [1.29, 1.82) is 0 Å². The summed E-state index contributed by atoms with van der Waals surface area (Å²) >= 11 is 2.09. The molecule has 2 nitrogen and oxygen atoms in total. The predicted molar refractivity (Wildman–Crippen MR) is 70.4 cm³/mol. The average Bonchev–Trinajstić information content (AvgIpc) is 2.54. The van der Waals surface area contributed by atoms with Gasteiger partial charge in [0.25, 0.3) is 0 Å². The third kappa shape index (κ3) is 3.97. The van der Waals surface area contributed by atoms with Crippen LogP contribution >= 0.6 is 11.8 Å². The van der Waals surface area contributed by atoms with Gasteiger partial charge in [-0.3, -0.25) is 4.90 Å². The third-order valence-electron chi connectivity index (χ3n) is 3.56. The summed E-state index contributed by atoms with van der Waals surface area (Å²) in [5.41, 5.74) is 5.96. The van der Waals surface area contributed by atoms with E-state index in [0.29, 0.717) is 6.04 Å². The van der Waals surface area contributed by atoms with Gasteiger partial charge in [0.15, 0.2) is 0 Å². The lowest BCUT2D eigenvalue weighted by atomic mass is 9.92. The molecule has 1 atom stereocenters. The van der Waals surface area contributed by atoms with Gasteiger partial charge in [0.1, 0.15) is 0 Å². The Bertz CT molecular complexity index is 152. The highest BCUT2D eigenvalue weighted by molar-refractivity contribution is 7.99. The van der Waals surface area contributed by atoms with Gasteiger partial charge in [0.2, 0.25) is 0 Å². The summed E-state index contributed by atoms with van der Waals surface area (Å²) in [6.45, 7) is 7.91. The highest BCUT2D eigenvalue weighted by Gasteiger charge is 2.24. The van der Waals surface area contributed by atoms with Crippen molar-refractivity contribution in [3.63, 3.8) is 0 Å². The molecule has 3 heteroatoms. The first-order valence-electron chi connectivity index (χ1n) is 6.35. The first-order chi connectivity index (χ1) is 7.33. The van der Waals surface area contributed by atoms with Crippen molar-refractivity contribution in [1.82, 2.24) is 4.90 Å². The molecule has 1 fully saturated rings. The smallest absolute Gasteiger partial charge is 0.0246 e. The maximum absolute atomic E-state index is 5.96. The standard InChI is InChI=1S/C12H26N2S/c1-3-11(4-2)12(10-13)14-6-5-8-15-9-7-14/h11-12H,3-10,13H2,1-2H3. The number of hydrogen-bond acceptors (Lipinski definition) is 3. The molecule has 15 heavy (non-hydrogen) atoms. The van der Waals surface area contributed by atoms with Crippen molar-refractivity contribution < 1.29 is 0 Å². The first kappa shape index (κ1) is 13.3. The van der Waals surface area contributed by atoms with E-state index in [0.717, 1.165) is 12.5 Å². The topological polar surface area (TPSA) is 29.3 Å². The van der Waals surface area contributed by atoms with Crippen LogP contribution in [0, 0.1) is 5.92 Å². The summed E-state index contributed by atoms with van der Waals surface area (Å²) in [4.78, 5) is 2.64. The van der Waals surface area contributed by atoms with E-state index in [-0.39, 0.29) is 0 Å². The number of rotatable bonds is 5. The van der Waals surface area contributed by atoms with Crippen molar-refractivity contribution in [2.75, 3.05) is 31.1 Å². The normalized spacial score (nSPS) is 21.6. The van der Waals surface area contributed by atoms with Crippen molar-refractivity contribution in [3.8, 4) is 0 Å². The van der Waals surface area contributed by atoms with E-state index in [4.69, 9.17) is 5.73 Å². The lowest BCUT2D eigenvalue weighted by Gasteiger charge is -2.35. The summed E-state index contributed by atoms with van der Waals surface area (Å²) < 4.78 is 0. The zero-order valence-electron chi connectivity index (χ0n) is 10.2. The Morgan fingerprint density at radius 2 is 1.93 bits per heavy atom. The van der Waals surface area contributed by atoms with Gasteiger partial charge in [0.05, 0.1) is 0 Å². The van der Waals surface area contributed by atoms with Crippen LogP contribution in [-0.2, 0) is 0 Å². The Balaban J connectivity index is 2.53. The molecule has 1 aliphatic rings. The molecule has 0 aromatic carbocycles. The van der Waals surface area contributed by atoms with Gasteiger partial charge in [-0.2, -0.15) is 11.8 Å². The van der Waals surface area contributed by atoms with Gasteiger partial charge in [-0.1, -0.05) is 26.7 Å². The van der Waals surface area contributed by atoms with Crippen molar-refractivity contribution in [3.05, 3.63) is 0 Å². The molecule has 1 aliphatic heterocycles. The Hall–Kier alpha value is 0.270. The molecule has 0 bridgehead atoms. The molecule has 0 amide bonds. The molecule has 0 spiro atoms. The lowest BCUT2D eigenvalue weighted by molar-refractivity contribution is 0.150. The number of nitrogens with zero attached hydrogens (tertiary/aromatic N) is 1. The molecule has 1 unspecified atom stereocenters. The SMILES string of the molecule is CCC(CC)C(CN)N1CCCSCC1. The number of thioether (sulfide) groups is 1. The zero-order valence-corrected chi connectivity index (χ0v) is 11.1. The molecule has 0 aliphatic carbocycles. The minimum Gasteiger partial charge on any atom is -0.329 e. The van der Waals surface area contributed by atoms with E-state index in [2.05, 4.69) is 30.5 Å². The van der Waals surface area contributed by atoms with E-state index in [1.165, 1.54) is 43.9 Å². The third-order valence-corrected chi connectivity index (χ3v) is 4.61. The van der Waals surface area contributed by atoms with Gasteiger partial charge < -0.3 is 5.73 Å². The van der Waals surface area contributed by atoms with Crippen molar-refractivity contribution in [2.45, 2.75) is 39.2 Å². The van der Waals surface area contributed by atoms with Crippen LogP contribution in [0.25, 0.3) is 0 Å². The summed E-state index contributed by atoms with van der Waals surface area (Å²) in [6, 6.07) is 0.624. The number of hydrogen-bond donors (Lipinski definition) is 1. The second kappa shape index (κ2) is 7.53. The first-order valence-corrected chi connectivity index (χ1v) is 7.50. The maximum atomic E-state index is 5.96. The molecule has 2 N–H and O–H groups in total. The van der Waals surface area contributed by atoms with Crippen LogP contribution < -0.4 is 5.73 Å². The van der Waals surface area contributed by atoms with Gasteiger partial charge in [-0.25, -0.2) is 0 Å². The summed E-state index contributed by atoms with van der Waals surface area (Å²) in [6.07, 6.45) is 3.87. The summed E-state index contributed by atoms with van der Waals surface area (Å²) in [7, 11) is 0. The quantitative estimate of drug-likeness (QED) is 0.785. The summed E-state index contributed by atoms with van der Waals surface area (Å²) in [5.74, 6) is 3.41. The predicted octanol–water partition coefficient (Wildman–Crippen LogP) is 2.19. The monoisotopic (exact) mass is 230 g/mol. The van der Waals surface area contributed by atoms with Crippen LogP contribution in [-0.4, -0.2) is 42.1 Å². The fourth-order valence-electron chi connectivity index (χ4n) is 2.57. The molecule has 0 saturated carbocycles. The van der Waals surface area contributed by atoms with Crippen LogP contribution in [0.15, 0.2) is 0 Å². The summed E-state index contributed by atoms with van der Waals surface area (Å²) in [5, 5.41) is 0.